The normalized spacial score (nSPS) is 17.2. The van der Waals surface area contributed by atoms with Gasteiger partial charge in [0.05, 0.1) is 25.9 Å². The molecule has 0 spiro atoms. The molecule has 1 unspecified atom stereocenters. The summed E-state index contributed by atoms with van der Waals surface area (Å²) in [6.07, 6.45) is 2.54. The molecule has 2 rings (SSSR count). The van der Waals surface area contributed by atoms with Crippen LogP contribution in [-0.2, 0) is 9.47 Å². The van der Waals surface area contributed by atoms with E-state index < -0.39 is 0 Å². The molecule has 1 aromatic rings. The van der Waals surface area contributed by atoms with Crippen molar-refractivity contribution in [2.24, 2.45) is 4.99 Å². The monoisotopic (exact) mass is 449 g/mol. The molecule has 1 aliphatic rings. The van der Waals surface area contributed by atoms with E-state index in [1.165, 1.54) is 0 Å². The number of nitrogens with zero attached hydrogens (tertiary/aromatic N) is 1. The highest BCUT2D eigenvalue weighted by Crippen LogP contribution is 2.11. The highest BCUT2D eigenvalue weighted by molar-refractivity contribution is 14.0. The van der Waals surface area contributed by atoms with E-state index in [2.05, 4.69) is 15.6 Å². The summed E-state index contributed by atoms with van der Waals surface area (Å²) in [4.78, 5) is 4.17. The minimum Gasteiger partial charge on any atom is -0.492 e. The molecule has 2 N–H and O–H groups in total. The lowest BCUT2D eigenvalue weighted by Crippen LogP contribution is -2.40. The largest absolute Gasteiger partial charge is 0.492 e. The molecule has 136 valence electrons. The zero-order valence-corrected chi connectivity index (χ0v) is 16.5. The van der Waals surface area contributed by atoms with Crippen molar-refractivity contribution in [2.75, 3.05) is 46.6 Å². The summed E-state index contributed by atoms with van der Waals surface area (Å²) in [6, 6.07) is 9.77. The second-order valence-corrected chi connectivity index (χ2v) is 5.30. The molecule has 1 heterocycles. The van der Waals surface area contributed by atoms with Gasteiger partial charge in [-0.3, -0.25) is 4.99 Å². The first-order valence-corrected chi connectivity index (χ1v) is 8.20. The SMILES string of the molecule is CN=C(NCCOCC1CCCO1)NCCOc1ccccc1.I. The zero-order valence-electron chi connectivity index (χ0n) is 14.2. The van der Waals surface area contributed by atoms with Crippen molar-refractivity contribution in [2.45, 2.75) is 18.9 Å². The lowest BCUT2D eigenvalue weighted by molar-refractivity contribution is 0.0191. The molecule has 0 aliphatic carbocycles. The average Bonchev–Trinajstić information content (AvgIpc) is 3.11. The highest BCUT2D eigenvalue weighted by atomic mass is 127. The Bertz CT molecular complexity index is 454. The van der Waals surface area contributed by atoms with Gasteiger partial charge >= 0.3 is 0 Å². The lowest BCUT2D eigenvalue weighted by Gasteiger charge is -2.13. The zero-order chi connectivity index (χ0) is 16.2. The van der Waals surface area contributed by atoms with Gasteiger partial charge in [0.15, 0.2) is 5.96 Å². The molecule has 1 aliphatic heterocycles. The summed E-state index contributed by atoms with van der Waals surface area (Å²) in [5.74, 6) is 1.63. The van der Waals surface area contributed by atoms with Gasteiger partial charge < -0.3 is 24.8 Å². The average molecular weight is 449 g/mol. The van der Waals surface area contributed by atoms with Crippen molar-refractivity contribution >= 4 is 29.9 Å². The Morgan fingerprint density at radius 2 is 1.96 bits per heavy atom. The van der Waals surface area contributed by atoms with Gasteiger partial charge in [0.2, 0.25) is 0 Å². The van der Waals surface area contributed by atoms with E-state index in [-0.39, 0.29) is 30.1 Å². The van der Waals surface area contributed by atoms with Crippen LogP contribution in [0, 0.1) is 0 Å². The lowest BCUT2D eigenvalue weighted by atomic mass is 10.2. The van der Waals surface area contributed by atoms with E-state index in [9.17, 15) is 0 Å². The fourth-order valence-corrected chi connectivity index (χ4v) is 2.31. The van der Waals surface area contributed by atoms with Crippen LogP contribution in [0.1, 0.15) is 12.8 Å². The third kappa shape index (κ3) is 8.70. The van der Waals surface area contributed by atoms with Crippen molar-refractivity contribution in [3.05, 3.63) is 30.3 Å². The number of benzene rings is 1. The maximum atomic E-state index is 5.62. The Balaban J connectivity index is 0.00000288. The van der Waals surface area contributed by atoms with Crippen LogP contribution in [0.4, 0.5) is 0 Å². The summed E-state index contributed by atoms with van der Waals surface area (Å²) in [7, 11) is 1.75. The van der Waals surface area contributed by atoms with E-state index in [4.69, 9.17) is 14.2 Å². The molecule has 0 amide bonds. The number of halogens is 1. The van der Waals surface area contributed by atoms with Gasteiger partial charge in [-0.25, -0.2) is 0 Å². The summed E-state index contributed by atoms with van der Waals surface area (Å²) in [6.45, 7) is 4.17. The summed E-state index contributed by atoms with van der Waals surface area (Å²) in [5, 5.41) is 6.42. The molecule has 0 radical (unpaired) electrons. The second kappa shape index (κ2) is 13.3. The van der Waals surface area contributed by atoms with Crippen molar-refractivity contribution in [1.29, 1.82) is 0 Å². The molecular weight excluding hydrogens is 421 g/mol. The van der Waals surface area contributed by atoms with Crippen molar-refractivity contribution in [1.82, 2.24) is 10.6 Å². The first-order valence-electron chi connectivity index (χ1n) is 8.20. The number of para-hydroxylation sites is 1. The quantitative estimate of drug-likeness (QED) is 0.262. The Labute approximate surface area is 161 Å². The second-order valence-electron chi connectivity index (χ2n) is 5.30. The molecule has 1 saturated heterocycles. The minimum absolute atomic E-state index is 0. The number of ether oxygens (including phenoxy) is 3. The molecule has 1 fully saturated rings. The van der Waals surface area contributed by atoms with Crippen molar-refractivity contribution in [3.63, 3.8) is 0 Å². The summed E-state index contributed by atoms with van der Waals surface area (Å²) < 4.78 is 16.7. The van der Waals surface area contributed by atoms with E-state index in [0.717, 1.165) is 31.2 Å². The number of rotatable bonds is 9. The molecule has 7 heteroatoms. The molecule has 0 saturated carbocycles. The summed E-state index contributed by atoms with van der Waals surface area (Å²) in [5.41, 5.74) is 0. The molecular formula is C17H28IN3O3. The third-order valence-corrected chi connectivity index (χ3v) is 3.50. The fraction of sp³-hybridized carbons (Fsp3) is 0.588. The maximum absolute atomic E-state index is 5.62. The van der Waals surface area contributed by atoms with Gasteiger partial charge in [0.1, 0.15) is 12.4 Å². The van der Waals surface area contributed by atoms with E-state index in [0.29, 0.717) is 32.9 Å². The van der Waals surface area contributed by atoms with Crippen LogP contribution in [0.25, 0.3) is 0 Å². The number of guanidine groups is 1. The fourth-order valence-electron chi connectivity index (χ4n) is 2.31. The third-order valence-electron chi connectivity index (χ3n) is 3.50. The van der Waals surface area contributed by atoms with Crippen LogP contribution in [0.15, 0.2) is 35.3 Å². The Hall–Kier alpha value is -1.06. The summed E-state index contributed by atoms with van der Waals surface area (Å²) >= 11 is 0. The Morgan fingerprint density at radius 3 is 2.62 bits per heavy atom. The van der Waals surface area contributed by atoms with Crippen molar-refractivity contribution < 1.29 is 14.2 Å². The smallest absolute Gasteiger partial charge is 0.191 e. The van der Waals surface area contributed by atoms with Crippen LogP contribution >= 0.6 is 24.0 Å². The van der Waals surface area contributed by atoms with Crippen LogP contribution in [-0.4, -0.2) is 58.6 Å². The first kappa shape index (κ1) is 21.0. The van der Waals surface area contributed by atoms with Gasteiger partial charge in [-0.1, -0.05) is 18.2 Å². The molecule has 1 aromatic carbocycles. The number of aliphatic imine (C=N–C) groups is 1. The van der Waals surface area contributed by atoms with Crippen LogP contribution in [0.5, 0.6) is 5.75 Å². The minimum atomic E-state index is 0. The predicted molar refractivity (Wildman–Crippen MR) is 107 cm³/mol. The van der Waals surface area contributed by atoms with Gasteiger partial charge in [-0.2, -0.15) is 0 Å². The number of hydrogen-bond donors (Lipinski definition) is 2. The van der Waals surface area contributed by atoms with E-state index >= 15 is 0 Å². The number of nitrogens with one attached hydrogen (secondary N) is 2. The Kier molecular flexibility index (Phi) is 11.6. The first-order chi connectivity index (χ1) is 11.4. The van der Waals surface area contributed by atoms with Crippen LogP contribution in [0.2, 0.25) is 0 Å². The molecule has 0 aromatic heterocycles. The van der Waals surface area contributed by atoms with Gasteiger partial charge in [-0.15, -0.1) is 24.0 Å². The van der Waals surface area contributed by atoms with Crippen LogP contribution < -0.4 is 15.4 Å². The van der Waals surface area contributed by atoms with Crippen LogP contribution in [0.3, 0.4) is 0 Å². The highest BCUT2D eigenvalue weighted by Gasteiger charge is 2.14. The number of hydrogen-bond acceptors (Lipinski definition) is 4. The predicted octanol–water partition coefficient (Wildman–Crippen LogP) is 2.04. The maximum Gasteiger partial charge on any atom is 0.191 e. The van der Waals surface area contributed by atoms with E-state index in [1.807, 2.05) is 30.3 Å². The molecule has 24 heavy (non-hydrogen) atoms. The molecule has 0 bridgehead atoms. The van der Waals surface area contributed by atoms with Gasteiger partial charge in [0, 0.05) is 20.2 Å². The van der Waals surface area contributed by atoms with E-state index in [1.54, 1.807) is 7.05 Å². The molecule has 1 atom stereocenters. The standard InChI is InChI=1S/C17H27N3O3.HI/c1-18-17(19-9-12-21-14-16-8-5-11-22-16)20-10-13-23-15-6-3-2-4-7-15;/h2-4,6-7,16H,5,8-14H2,1H3,(H2,18,19,20);1H. The topological polar surface area (TPSA) is 64.1 Å². The Morgan fingerprint density at radius 1 is 1.21 bits per heavy atom. The van der Waals surface area contributed by atoms with Crippen molar-refractivity contribution in [3.8, 4) is 5.75 Å². The molecule has 6 nitrogen and oxygen atoms in total. The van der Waals surface area contributed by atoms with Gasteiger partial charge in [0.25, 0.3) is 0 Å². The van der Waals surface area contributed by atoms with Gasteiger partial charge in [-0.05, 0) is 25.0 Å².